The maximum atomic E-state index is 12.1. The standard InChI is InChI=1S/C28H26ClN5O4/c1-3-23(36)34-13-5-6-19(17-34)32-28-25(26(29)22(16-31-28)38-24(37)4-2)27(30)18-7-9-20(10-8-18)33-14-11-21(35)12-15-33/h3-4,7-12,14-16,19,30H,1-2,5-6,13,17H2,(H,31,32). The predicted octanol–water partition coefficient (Wildman–Crippen LogP) is 3.98. The van der Waals surface area contributed by atoms with E-state index in [0.717, 1.165) is 24.6 Å². The van der Waals surface area contributed by atoms with Gasteiger partial charge in [-0.2, -0.15) is 0 Å². The van der Waals surface area contributed by atoms with E-state index in [1.165, 1.54) is 24.4 Å². The molecule has 0 bridgehead atoms. The lowest BCUT2D eigenvalue weighted by molar-refractivity contribution is -0.129. The highest BCUT2D eigenvalue weighted by Crippen LogP contribution is 2.34. The number of hydrogen-bond acceptors (Lipinski definition) is 7. The summed E-state index contributed by atoms with van der Waals surface area (Å²) in [6.07, 6.45) is 8.51. The Morgan fingerprint density at radius 1 is 1.13 bits per heavy atom. The second-order valence-corrected chi connectivity index (χ2v) is 9.00. The number of carbonyl (C=O) groups excluding carboxylic acids is 2. The quantitative estimate of drug-likeness (QED) is 0.258. The molecular formula is C28H26ClN5O4. The molecule has 1 amide bonds. The number of pyridine rings is 2. The first-order valence-corrected chi connectivity index (χ1v) is 12.3. The Balaban J connectivity index is 1.68. The third-order valence-corrected chi connectivity index (χ3v) is 6.49. The summed E-state index contributed by atoms with van der Waals surface area (Å²) in [5.41, 5.74) is 1.56. The van der Waals surface area contributed by atoms with Crippen molar-refractivity contribution in [1.29, 1.82) is 5.41 Å². The van der Waals surface area contributed by atoms with Crippen LogP contribution >= 0.6 is 11.6 Å². The number of anilines is 1. The molecule has 0 saturated carbocycles. The predicted molar refractivity (Wildman–Crippen MR) is 146 cm³/mol. The number of amides is 1. The molecule has 1 atom stereocenters. The molecule has 0 aliphatic carbocycles. The summed E-state index contributed by atoms with van der Waals surface area (Å²) in [5.74, 6) is -0.520. The number of halogens is 1. The summed E-state index contributed by atoms with van der Waals surface area (Å²) in [7, 11) is 0. The number of aromatic nitrogens is 2. The van der Waals surface area contributed by atoms with E-state index < -0.39 is 5.97 Å². The Morgan fingerprint density at radius 3 is 2.50 bits per heavy atom. The zero-order chi connectivity index (χ0) is 27.2. The minimum Gasteiger partial charge on any atom is -0.420 e. The zero-order valence-corrected chi connectivity index (χ0v) is 21.3. The SMILES string of the molecule is C=CC(=O)Oc1cnc(NC2CCCN(C(=O)C=C)C2)c(C(=N)c2ccc(-n3ccc(=O)cc3)cc2)c1Cl. The van der Waals surface area contributed by atoms with E-state index in [2.05, 4.69) is 23.5 Å². The van der Waals surface area contributed by atoms with Gasteiger partial charge in [-0.25, -0.2) is 9.78 Å². The Kier molecular flexibility index (Phi) is 8.18. The van der Waals surface area contributed by atoms with Gasteiger partial charge in [0.05, 0.1) is 22.5 Å². The average Bonchev–Trinajstić information content (AvgIpc) is 2.94. The highest BCUT2D eigenvalue weighted by atomic mass is 35.5. The van der Waals surface area contributed by atoms with Gasteiger partial charge in [0, 0.05) is 61.0 Å². The molecule has 9 nitrogen and oxygen atoms in total. The van der Waals surface area contributed by atoms with Crippen LogP contribution in [0.15, 0.2) is 85.1 Å². The Labute approximate surface area is 224 Å². The number of rotatable bonds is 8. The van der Waals surface area contributed by atoms with E-state index in [9.17, 15) is 14.4 Å². The summed E-state index contributed by atoms with van der Waals surface area (Å²) in [6.45, 7) is 8.05. The van der Waals surface area contributed by atoms with E-state index in [4.69, 9.17) is 21.7 Å². The van der Waals surface area contributed by atoms with Crippen LogP contribution in [0.5, 0.6) is 5.75 Å². The Bertz CT molecular complexity index is 1440. The minimum absolute atomic E-state index is 0.00106. The summed E-state index contributed by atoms with van der Waals surface area (Å²) >= 11 is 6.68. The molecule has 1 fully saturated rings. The minimum atomic E-state index is -0.705. The highest BCUT2D eigenvalue weighted by molar-refractivity contribution is 6.37. The van der Waals surface area contributed by atoms with Gasteiger partial charge in [-0.15, -0.1) is 0 Å². The van der Waals surface area contributed by atoms with Crippen molar-refractivity contribution in [3.63, 3.8) is 0 Å². The van der Waals surface area contributed by atoms with Crippen LogP contribution < -0.4 is 15.5 Å². The largest absolute Gasteiger partial charge is 0.420 e. The van der Waals surface area contributed by atoms with E-state index in [-0.39, 0.29) is 39.4 Å². The van der Waals surface area contributed by atoms with Gasteiger partial charge in [0.2, 0.25) is 5.91 Å². The molecule has 2 N–H and O–H groups in total. The molecule has 194 valence electrons. The average molecular weight is 532 g/mol. The lowest BCUT2D eigenvalue weighted by atomic mass is 10.0. The van der Waals surface area contributed by atoms with Gasteiger partial charge in [-0.3, -0.25) is 15.0 Å². The third kappa shape index (κ3) is 5.90. The molecule has 1 aliphatic rings. The number of benzene rings is 1. The van der Waals surface area contributed by atoms with Gasteiger partial charge in [-0.1, -0.05) is 36.9 Å². The van der Waals surface area contributed by atoms with Crippen LogP contribution in [0.4, 0.5) is 5.82 Å². The highest BCUT2D eigenvalue weighted by Gasteiger charge is 2.26. The number of carbonyl (C=O) groups is 2. The first-order chi connectivity index (χ1) is 18.3. The molecule has 4 rings (SSSR count). The van der Waals surface area contributed by atoms with Crippen molar-refractivity contribution in [2.24, 2.45) is 0 Å². The fraction of sp³-hybridized carbons (Fsp3) is 0.179. The normalized spacial score (nSPS) is 14.9. The van der Waals surface area contributed by atoms with Crippen molar-refractivity contribution in [2.75, 3.05) is 18.4 Å². The van der Waals surface area contributed by atoms with Gasteiger partial charge in [0.25, 0.3) is 0 Å². The first kappa shape index (κ1) is 26.6. The summed E-state index contributed by atoms with van der Waals surface area (Å²) in [6, 6.07) is 9.92. The van der Waals surface area contributed by atoms with Crippen molar-refractivity contribution in [3.05, 3.63) is 107 Å². The second kappa shape index (κ2) is 11.7. The molecule has 38 heavy (non-hydrogen) atoms. The lowest BCUT2D eigenvalue weighted by Crippen LogP contribution is -2.44. The van der Waals surface area contributed by atoms with Crippen LogP contribution in [0.25, 0.3) is 5.69 Å². The molecular weight excluding hydrogens is 506 g/mol. The van der Waals surface area contributed by atoms with Crippen molar-refractivity contribution < 1.29 is 14.3 Å². The van der Waals surface area contributed by atoms with Gasteiger partial charge in [0.15, 0.2) is 11.2 Å². The van der Waals surface area contributed by atoms with E-state index in [1.807, 2.05) is 12.1 Å². The topological polar surface area (TPSA) is 117 Å². The molecule has 3 heterocycles. The molecule has 1 saturated heterocycles. The van der Waals surface area contributed by atoms with Crippen molar-refractivity contribution in [2.45, 2.75) is 18.9 Å². The van der Waals surface area contributed by atoms with Crippen LogP contribution in [0, 0.1) is 5.41 Å². The zero-order valence-electron chi connectivity index (χ0n) is 20.5. The maximum Gasteiger partial charge on any atom is 0.335 e. The lowest BCUT2D eigenvalue weighted by Gasteiger charge is -2.33. The third-order valence-electron chi connectivity index (χ3n) is 6.11. The van der Waals surface area contributed by atoms with Crippen LogP contribution in [-0.4, -0.2) is 51.2 Å². The van der Waals surface area contributed by atoms with Crippen molar-refractivity contribution >= 4 is 35.0 Å². The molecule has 1 unspecified atom stereocenters. The van der Waals surface area contributed by atoms with E-state index in [0.29, 0.717) is 24.5 Å². The smallest absolute Gasteiger partial charge is 0.335 e. The number of nitrogens with zero attached hydrogens (tertiary/aromatic N) is 3. The fourth-order valence-corrected chi connectivity index (χ4v) is 4.45. The van der Waals surface area contributed by atoms with Crippen molar-refractivity contribution in [1.82, 2.24) is 14.5 Å². The molecule has 1 aromatic carbocycles. The number of nitrogens with one attached hydrogen (secondary N) is 2. The second-order valence-electron chi connectivity index (χ2n) is 8.62. The van der Waals surface area contributed by atoms with Crippen LogP contribution in [0.2, 0.25) is 5.02 Å². The van der Waals surface area contributed by atoms with E-state index in [1.54, 1.807) is 34.0 Å². The van der Waals surface area contributed by atoms with Gasteiger partial charge in [0.1, 0.15) is 5.82 Å². The molecule has 3 aromatic rings. The number of ether oxygens (including phenoxy) is 1. The van der Waals surface area contributed by atoms with Crippen LogP contribution in [0.1, 0.15) is 24.0 Å². The number of esters is 1. The maximum absolute atomic E-state index is 12.1. The molecule has 2 aromatic heterocycles. The number of piperidine rings is 1. The Morgan fingerprint density at radius 2 is 1.84 bits per heavy atom. The number of likely N-dealkylation sites (tertiary alicyclic amines) is 1. The van der Waals surface area contributed by atoms with Gasteiger partial charge < -0.3 is 19.5 Å². The van der Waals surface area contributed by atoms with Gasteiger partial charge in [-0.05, 0) is 31.1 Å². The molecule has 1 aliphatic heterocycles. The summed E-state index contributed by atoms with van der Waals surface area (Å²) in [5, 5.41) is 12.4. The van der Waals surface area contributed by atoms with Crippen LogP contribution in [0.3, 0.4) is 0 Å². The molecule has 0 spiro atoms. The summed E-state index contributed by atoms with van der Waals surface area (Å²) in [4.78, 5) is 41.5. The monoisotopic (exact) mass is 531 g/mol. The fourth-order valence-electron chi connectivity index (χ4n) is 4.18. The molecule has 10 heteroatoms. The Hall–Kier alpha value is -4.50. The first-order valence-electron chi connectivity index (χ1n) is 11.9. The van der Waals surface area contributed by atoms with Crippen molar-refractivity contribution in [3.8, 4) is 11.4 Å². The van der Waals surface area contributed by atoms with E-state index >= 15 is 0 Å². The van der Waals surface area contributed by atoms with Gasteiger partial charge >= 0.3 is 5.97 Å². The number of hydrogen-bond donors (Lipinski definition) is 2. The summed E-state index contributed by atoms with van der Waals surface area (Å²) < 4.78 is 7.03. The van der Waals surface area contributed by atoms with Crippen LogP contribution in [-0.2, 0) is 9.59 Å². The molecule has 0 radical (unpaired) electrons.